The number of ether oxygens (including phenoxy) is 1. The lowest BCUT2D eigenvalue weighted by Crippen LogP contribution is -2.45. The van der Waals surface area contributed by atoms with E-state index in [2.05, 4.69) is 4.74 Å². The predicted molar refractivity (Wildman–Crippen MR) is 72.8 cm³/mol. The first-order valence-electron chi connectivity index (χ1n) is 6.59. The molecule has 128 valence electrons. The SMILES string of the molecule is O=C(c1ccccc1)c1ccccc1OC(F)(F)C(F)C(F)(F)F. The van der Waals surface area contributed by atoms with Crippen molar-refractivity contribution in [3.05, 3.63) is 65.7 Å². The van der Waals surface area contributed by atoms with Crippen LogP contribution in [0.25, 0.3) is 0 Å². The molecular formula is C16H10F6O2. The van der Waals surface area contributed by atoms with Crippen LogP contribution < -0.4 is 4.74 Å². The lowest BCUT2D eigenvalue weighted by atomic mass is 10.0. The Labute approximate surface area is 132 Å². The fraction of sp³-hybridized carbons (Fsp3) is 0.188. The van der Waals surface area contributed by atoms with Gasteiger partial charge in [0.2, 0.25) is 0 Å². The fourth-order valence-corrected chi connectivity index (χ4v) is 1.88. The van der Waals surface area contributed by atoms with Gasteiger partial charge in [0, 0.05) is 5.56 Å². The van der Waals surface area contributed by atoms with E-state index >= 15 is 0 Å². The first kappa shape index (κ1) is 17.8. The highest BCUT2D eigenvalue weighted by Crippen LogP contribution is 2.37. The zero-order chi connectivity index (χ0) is 18.0. The Hall–Kier alpha value is -2.51. The normalized spacial score (nSPS) is 13.4. The van der Waals surface area contributed by atoms with E-state index in [1.165, 1.54) is 36.4 Å². The van der Waals surface area contributed by atoms with Crippen molar-refractivity contribution in [1.29, 1.82) is 0 Å². The maximum Gasteiger partial charge on any atom is 0.439 e. The fourth-order valence-electron chi connectivity index (χ4n) is 1.88. The zero-order valence-corrected chi connectivity index (χ0v) is 11.9. The molecule has 0 aliphatic heterocycles. The Morgan fingerprint density at radius 3 is 2.00 bits per heavy atom. The second-order valence-corrected chi connectivity index (χ2v) is 4.76. The van der Waals surface area contributed by atoms with Gasteiger partial charge in [0.25, 0.3) is 6.17 Å². The number of hydrogen-bond acceptors (Lipinski definition) is 2. The minimum Gasteiger partial charge on any atom is -0.429 e. The molecule has 0 saturated heterocycles. The molecule has 0 aliphatic rings. The Morgan fingerprint density at radius 1 is 0.875 bits per heavy atom. The summed E-state index contributed by atoms with van der Waals surface area (Å²) in [5.41, 5.74) is -0.290. The number of hydrogen-bond donors (Lipinski definition) is 0. The smallest absolute Gasteiger partial charge is 0.429 e. The van der Waals surface area contributed by atoms with E-state index in [0.717, 1.165) is 12.1 Å². The lowest BCUT2D eigenvalue weighted by Gasteiger charge is -2.24. The summed E-state index contributed by atoms with van der Waals surface area (Å²) in [6, 6.07) is 11.9. The summed E-state index contributed by atoms with van der Waals surface area (Å²) in [5, 5.41) is 0. The number of ketones is 1. The van der Waals surface area contributed by atoms with Gasteiger partial charge in [-0.1, -0.05) is 42.5 Å². The second kappa shape index (κ2) is 6.54. The molecule has 0 bridgehead atoms. The molecule has 0 heterocycles. The molecule has 1 atom stereocenters. The van der Waals surface area contributed by atoms with Crippen LogP contribution in [0, 0.1) is 0 Å². The number of alkyl halides is 6. The van der Waals surface area contributed by atoms with Crippen LogP contribution in [0.2, 0.25) is 0 Å². The van der Waals surface area contributed by atoms with Crippen LogP contribution in [0.15, 0.2) is 54.6 Å². The van der Waals surface area contributed by atoms with Gasteiger partial charge in [-0.25, -0.2) is 4.39 Å². The Bertz CT molecular complexity index is 712. The highest BCUT2D eigenvalue weighted by atomic mass is 19.4. The van der Waals surface area contributed by atoms with E-state index < -0.39 is 35.6 Å². The van der Waals surface area contributed by atoms with Crippen LogP contribution in [0.5, 0.6) is 5.75 Å². The molecule has 0 radical (unpaired) electrons. The first-order chi connectivity index (χ1) is 11.1. The molecule has 0 spiro atoms. The van der Waals surface area contributed by atoms with Gasteiger partial charge in [-0.15, -0.1) is 0 Å². The van der Waals surface area contributed by atoms with Crippen molar-refractivity contribution in [2.24, 2.45) is 0 Å². The Morgan fingerprint density at radius 2 is 1.42 bits per heavy atom. The van der Waals surface area contributed by atoms with Crippen LogP contribution in [-0.4, -0.2) is 24.2 Å². The van der Waals surface area contributed by atoms with Crippen molar-refractivity contribution in [3.8, 4) is 5.75 Å². The molecule has 8 heteroatoms. The van der Waals surface area contributed by atoms with Gasteiger partial charge in [0.1, 0.15) is 5.75 Å². The third-order valence-corrected chi connectivity index (χ3v) is 3.00. The van der Waals surface area contributed by atoms with Crippen LogP contribution in [0.4, 0.5) is 26.3 Å². The predicted octanol–water partition coefficient (Wildman–Crippen LogP) is 4.79. The minimum atomic E-state index is -5.80. The molecule has 0 fully saturated rings. The summed E-state index contributed by atoms with van der Waals surface area (Å²) >= 11 is 0. The van der Waals surface area contributed by atoms with Gasteiger partial charge in [-0.3, -0.25) is 4.79 Å². The highest BCUT2D eigenvalue weighted by Gasteiger charge is 2.59. The average molecular weight is 348 g/mol. The lowest BCUT2D eigenvalue weighted by molar-refractivity contribution is -0.305. The van der Waals surface area contributed by atoms with Crippen molar-refractivity contribution in [1.82, 2.24) is 0 Å². The molecule has 2 aromatic rings. The van der Waals surface area contributed by atoms with E-state index in [1.54, 1.807) is 6.07 Å². The molecule has 2 nitrogen and oxygen atoms in total. The minimum absolute atomic E-state index is 0.115. The number of halogens is 6. The molecule has 24 heavy (non-hydrogen) atoms. The van der Waals surface area contributed by atoms with E-state index in [-0.39, 0.29) is 5.56 Å². The van der Waals surface area contributed by atoms with Crippen molar-refractivity contribution < 1.29 is 35.9 Å². The molecule has 0 aliphatic carbocycles. The summed E-state index contributed by atoms with van der Waals surface area (Å²) in [5.74, 6) is -1.59. The van der Waals surface area contributed by atoms with E-state index in [4.69, 9.17) is 0 Å². The maximum absolute atomic E-state index is 13.4. The molecule has 0 amide bonds. The van der Waals surface area contributed by atoms with E-state index in [9.17, 15) is 31.1 Å². The molecule has 2 rings (SSSR count). The van der Waals surface area contributed by atoms with Gasteiger partial charge in [0.05, 0.1) is 5.56 Å². The standard InChI is InChI=1S/C16H10F6O2/c17-14(15(18,19)20)16(21,22)24-12-9-5-4-8-11(12)13(23)10-6-2-1-3-7-10/h1-9,14H. The zero-order valence-electron chi connectivity index (χ0n) is 11.9. The van der Waals surface area contributed by atoms with Crippen molar-refractivity contribution >= 4 is 5.78 Å². The quantitative estimate of drug-likeness (QED) is 0.574. The van der Waals surface area contributed by atoms with Gasteiger partial charge in [-0.05, 0) is 12.1 Å². The third kappa shape index (κ3) is 3.87. The molecule has 0 aromatic heterocycles. The van der Waals surface area contributed by atoms with Crippen molar-refractivity contribution in [2.75, 3.05) is 0 Å². The monoisotopic (exact) mass is 348 g/mol. The molecule has 2 aromatic carbocycles. The van der Waals surface area contributed by atoms with Crippen molar-refractivity contribution in [3.63, 3.8) is 0 Å². The van der Waals surface area contributed by atoms with Gasteiger partial charge in [-0.2, -0.15) is 22.0 Å². The van der Waals surface area contributed by atoms with Gasteiger partial charge < -0.3 is 4.74 Å². The summed E-state index contributed by atoms with van der Waals surface area (Å²) in [7, 11) is 0. The molecule has 1 unspecified atom stereocenters. The largest absolute Gasteiger partial charge is 0.439 e. The molecule has 0 saturated carbocycles. The number of benzene rings is 2. The van der Waals surface area contributed by atoms with Gasteiger partial charge >= 0.3 is 12.3 Å². The van der Waals surface area contributed by atoms with E-state index in [0.29, 0.717) is 0 Å². The molecular weight excluding hydrogens is 338 g/mol. The number of para-hydroxylation sites is 1. The summed E-state index contributed by atoms with van der Waals surface area (Å²) in [6.45, 7) is 0. The van der Waals surface area contributed by atoms with Crippen LogP contribution >= 0.6 is 0 Å². The second-order valence-electron chi connectivity index (χ2n) is 4.76. The average Bonchev–Trinajstić information content (AvgIpc) is 2.53. The Kier molecular flexibility index (Phi) is 4.86. The number of rotatable bonds is 5. The van der Waals surface area contributed by atoms with Crippen LogP contribution in [-0.2, 0) is 0 Å². The number of carbonyl (C=O) groups excluding carboxylic acids is 1. The third-order valence-electron chi connectivity index (χ3n) is 3.00. The van der Waals surface area contributed by atoms with Crippen LogP contribution in [0.3, 0.4) is 0 Å². The van der Waals surface area contributed by atoms with Gasteiger partial charge in [0.15, 0.2) is 5.78 Å². The highest BCUT2D eigenvalue weighted by molar-refractivity contribution is 6.10. The number of carbonyl (C=O) groups is 1. The first-order valence-corrected chi connectivity index (χ1v) is 6.59. The van der Waals surface area contributed by atoms with Crippen LogP contribution in [0.1, 0.15) is 15.9 Å². The summed E-state index contributed by atoms with van der Waals surface area (Å²) in [6.07, 6.45) is -15.5. The Balaban J connectivity index is 2.35. The summed E-state index contributed by atoms with van der Waals surface area (Å²) < 4.78 is 80.2. The summed E-state index contributed by atoms with van der Waals surface area (Å²) in [4.78, 5) is 12.3. The maximum atomic E-state index is 13.4. The van der Waals surface area contributed by atoms with Crippen molar-refractivity contribution in [2.45, 2.75) is 18.5 Å². The topological polar surface area (TPSA) is 26.3 Å². The van der Waals surface area contributed by atoms with E-state index in [1.807, 2.05) is 0 Å². The molecule has 0 N–H and O–H groups in total.